The molecule has 0 saturated carbocycles. The number of carbonyl (C=O) groups excluding carboxylic acids is 2. The Kier molecular flexibility index (Phi) is 4.56. The average Bonchev–Trinajstić information content (AvgIpc) is 2.80. The van der Waals surface area contributed by atoms with Crippen molar-refractivity contribution >= 4 is 11.9 Å². The number of aromatic nitrogens is 4. The number of ether oxygens (including phenoxy) is 1. The number of nitrogens with zero attached hydrogens (tertiary/aromatic N) is 5. The Labute approximate surface area is 98.5 Å². The molecule has 17 heavy (non-hydrogen) atoms. The lowest BCUT2D eigenvalue weighted by molar-refractivity contribution is -0.146. The summed E-state index contributed by atoms with van der Waals surface area (Å²) < 4.78 is 5.91. The lowest BCUT2D eigenvalue weighted by Crippen LogP contribution is -2.36. The number of carbonyl (C=O) groups is 2. The second-order valence-electron chi connectivity index (χ2n) is 3.71. The summed E-state index contributed by atoms with van der Waals surface area (Å²) in [7, 11) is 2.94. The summed E-state index contributed by atoms with van der Waals surface area (Å²) in [4.78, 5) is 24.4. The van der Waals surface area contributed by atoms with E-state index in [9.17, 15) is 9.59 Å². The highest BCUT2D eigenvalue weighted by Crippen LogP contribution is 2.01. The van der Waals surface area contributed by atoms with E-state index in [0.29, 0.717) is 6.54 Å². The molecule has 0 fully saturated rings. The minimum absolute atomic E-state index is 0.0530. The van der Waals surface area contributed by atoms with Crippen LogP contribution >= 0.6 is 0 Å². The number of methoxy groups -OCH3 is 1. The molecule has 0 spiro atoms. The monoisotopic (exact) mass is 241 g/mol. The summed E-state index contributed by atoms with van der Waals surface area (Å²) in [5, 5.41) is 10.4. The van der Waals surface area contributed by atoms with Crippen LogP contribution in [0.1, 0.15) is 6.92 Å². The van der Waals surface area contributed by atoms with Gasteiger partial charge in [-0.1, -0.05) is 6.92 Å². The van der Waals surface area contributed by atoms with Gasteiger partial charge in [0, 0.05) is 13.6 Å². The van der Waals surface area contributed by atoms with Crippen LogP contribution in [0.5, 0.6) is 0 Å². The van der Waals surface area contributed by atoms with Crippen molar-refractivity contribution < 1.29 is 14.3 Å². The first-order valence-electron chi connectivity index (χ1n) is 5.07. The van der Waals surface area contributed by atoms with Crippen molar-refractivity contribution in [1.82, 2.24) is 25.1 Å². The SMILES string of the molecule is COC(=O)C(C)CN(C)C(=O)Cn1cnnn1. The number of rotatable bonds is 5. The zero-order valence-corrected chi connectivity index (χ0v) is 10.0. The summed E-state index contributed by atoms with van der Waals surface area (Å²) in [5.74, 6) is -0.872. The topological polar surface area (TPSA) is 90.2 Å². The van der Waals surface area contributed by atoms with E-state index >= 15 is 0 Å². The minimum atomic E-state index is -0.358. The quantitative estimate of drug-likeness (QED) is 0.610. The molecule has 8 nitrogen and oxygen atoms in total. The van der Waals surface area contributed by atoms with Crippen LogP contribution in [0.2, 0.25) is 0 Å². The fourth-order valence-electron chi connectivity index (χ4n) is 1.30. The maximum atomic E-state index is 11.7. The Hall–Kier alpha value is -1.99. The van der Waals surface area contributed by atoms with Crippen molar-refractivity contribution in [2.75, 3.05) is 20.7 Å². The lowest BCUT2D eigenvalue weighted by Gasteiger charge is -2.19. The van der Waals surface area contributed by atoms with Gasteiger partial charge < -0.3 is 9.64 Å². The average molecular weight is 241 g/mol. The molecular weight excluding hydrogens is 226 g/mol. The van der Waals surface area contributed by atoms with Gasteiger partial charge in [0.2, 0.25) is 5.91 Å². The van der Waals surface area contributed by atoms with Crippen molar-refractivity contribution in [3.63, 3.8) is 0 Å². The van der Waals surface area contributed by atoms with E-state index in [2.05, 4.69) is 20.3 Å². The number of hydrogen-bond donors (Lipinski definition) is 0. The van der Waals surface area contributed by atoms with Crippen molar-refractivity contribution in [3.8, 4) is 0 Å². The number of amides is 1. The largest absolute Gasteiger partial charge is 0.469 e. The molecule has 1 heterocycles. The van der Waals surface area contributed by atoms with Gasteiger partial charge in [-0.2, -0.15) is 0 Å². The molecular formula is C9H15N5O3. The van der Waals surface area contributed by atoms with Crippen LogP contribution in [0.4, 0.5) is 0 Å². The van der Waals surface area contributed by atoms with Gasteiger partial charge in [0.1, 0.15) is 12.9 Å². The molecule has 0 radical (unpaired) electrons. The molecule has 1 atom stereocenters. The van der Waals surface area contributed by atoms with Crippen LogP contribution in [0.15, 0.2) is 6.33 Å². The number of likely N-dealkylation sites (N-methyl/N-ethyl adjacent to an activating group) is 1. The van der Waals surface area contributed by atoms with Crippen LogP contribution in [0.3, 0.4) is 0 Å². The molecule has 1 aromatic heterocycles. The molecule has 1 unspecified atom stereocenters. The summed E-state index contributed by atoms with van der Waals surface area (Å²) in [6.45, 7) is 2.05. The smallest absolute Gasteiger partial charge is 0.310 e. The van der Waals surface area contributed by atoms with Gasteiger partial charge in [-0.15, -0.1) is 5.10 Å². The maximum absolute atomic E-state index is 11.7. The standard InChI is InChI=1S/C9H15N5O3/c1-7(9(16)17-3)4-13(2)8(15)5-14-6-10-11-12-14/h6-7H,4-5H2,1-3H3. The molecule has 1 amide bonds. The van der Waals surface area contributed by atoms with Crippen LogP contribution in [-0.4, -0.2) is 57.7 Å². The lowest BCUT2D eigenvalue weighted by atomic mass is 10.2. The second-order valence-corrected chi connectivity index (χ2v) is 3.71. The van der Waals surface area contributed by atoms with Crippen molar-refractivity contribution in [2.24, 2.45) is 5.92 Å². The first-order valence-corrected chi connectivity index (χ1v) is 5.07. The maximum Gasteiger partial charge on any atom is 0.310 e. The zero-order valence-electron chi connectivity index (χ0n) is 10.0. The minimum Gasteiger partial charge on any atom is -0.469 e. The van der Waals surface area contributed by atoms with E-state index in [1.165, 1.54) is 23.0 Å². The van der Waals surface area contributed by atoms with Gasteiger partial charge in [-0.25, -0.2) is 4.68 Å². The summed E-state index contributed by atoms with van der Waals surface area (Å²) in [5.41, 5.74) is 0. The van der Waals surface area contributed by atoms with E-state index in [-0.39, 0.29) is 24.3 Å². The van der Waals surface area contributed by atoms with Gasteiger partial charge >= 0.3 is 5.97 Å². The van der Waals surface area contributed by atoms with Crippen LogP contribution in [0.25, 0.3) is 0 Å². The van der Waals surface area contributed by atoms with E-state index in [1.54, 1.807) is 14.0 Å². The number of hydrogen-bond acceptors (Lipinski definition) is 6. The third-order valence-corrected chi connectivity index (χ3v) is 2.27. The van der Waals surface area contributed by atoms with E-state index in [0.717, 1.165) is 0 Å². The third-order valence-electron chi connectivity index (χ3n) is 2.27. The van der Waals surface area contributed by atoms with E-state index < -0.39 is 0 Å². The van der Waals surface area contributed by atoms with Crippen molar-refractivity contribution in [1.29, 1.82) is 0 Å². The summed E-state index contributed by atoms with van der Waals surface area (Å²) >= 11 is 0. The second kappa shape index (κ2) is 5.92. The fourth-order valence-corrected chi connectivity index (χ4v) is 1.30. The van der Waals surface area contributed by atoms with E-state index in [4.69, 9.17) is 0 Å². The van der Waals surface area contributed by atoms with Crippen LogP contribution in [0, 0.1) is 5.92 Å². The molecule has 8 heteroatoms. The normalized spacial score (nSPS) is 11.9. The fraction of sp³-hybridized carbons (Fsp3) is 0.667. The molecule has 0 bridgehead atoms. The Morgan fingerprint density at radius 1 is 1.53 bits per heavy atom. The predicted molar refractivity (Wildman–Crippen MR) is 56.6 cm³/mol. The summed E-state index contributed by atoms with van der Waals surface area (Å²) in [6.07, 6.45) is 1.36. The van der Waals surface area contributed by atoms with Crippen LogP contribution in [-0.2, 0) is 20.9 Å². The molecule has 0 aliphatic heterocycles. The first-order chi connectivity index (χ1) is 8.04. The highest BCUT2D eigenvalue weighted by atomic mass is 16.5. The van der Waals surface area contributed by atoms with Gasteiger partial charge in [-0.3, -0.25) is 9.59 Å². The number of esters is 1. The van der Waals surface area contributed by atoms with Gasteiger partial charge in [0.05, 0.1) is 13.0 Å². The molecule has 1 aromatic rings. The van der Waals surface area contributed by atoms with Crippen molar-refractivity contribution in [2.45, 2.75) is 13.5 Å². The van der Waals surface area contributed by atoms with Crippen molar-refractivity contribution in [3.05, 3.63) is 6.33 Å². The Balaban J connectivity index is 2.44. The van der Waals surface area contributed by atoms with E-state index in [1.807, 2.05) is 0 Å². The molecule has 0 aromatic carbocycles. The molecule has 94 valence electrons. The molecule has 0 aliphatic rings. The van der Waals surface area contributed by atoms with Gasteiger partial charge in [0.15, 0.2) is 0 Å². The third kappa shape index (κ3) is 3.82. The van der Waals surface area contributed by atoms with Gasteiger partial charge in [-0.05, 0) is 10.4 Å². The highest BCUT2D eigenvalue weighted by molar-refractivity contribution is 5.77. The molecule has 0 saturated heterocycles. The number of tetrazole rings is 1. The molecule has 1 rings (SSSR count). The van der Waals surface area contributed by atoms with Crippen LogP contribution < -0.4 is 0 Å². The highest BCUT2D eigenvalue weighted by Gasteiger charge is 2.18. The Bertz CT molecular complexity index is 378. The molecule has 0 aliphatic carbocycles. The summed E-state index contributed by atoms with van der Waals surface area (Å²) in [6, 6.07) is 0. The Morgan fingerprint density at radius 2 is 2.24 bits per heavy atom. The van der Waals surface area contributed by atoms with Gasteiger partial charge in [0.25, 0.3) is 0 Å². The Morgan fingerprint density at radius 3 is 2.76 bits per heavy atom. The predicted octanol–water partition coefficient (Wildman–Crippen LogP) is -1.06. The first kappa shape index (κ1) is 13.1. The molecule has 0 N–H and O–H groups in total. The zero-order chi connectivity index (χ0) is 12.8.